The maximum Gasteiger partial charge on any atom is 0.410 e. The summed E-state index contributed by atoms with van der Waals surface area (Å²) in [6.45, 7) is 9.00. The largest absolute Gasteiger partial charge is 0.497 e. The molecule has 3 aliphatic rings. The minimum Gasteiger partial charge on any atom is -0.497 e. The zero-order valence-corrected chi connectivity index (χ0v) is 23.0. The molecular weight excluding hydrogens is 472 g/mol. The lowest BCUT2D eigenvalue weighted by molar-refractivity contribution is 0.0189. The molecule has 0 radical (unpaired) electrons. The summed E-state index contributed by atoms with van der Waals surface area (Å²) in [7, 11) is 3.46. The Morgan fingerprint density at radius 2 is 1.97 bits per heavy atom. The summed E-state index contributed by atoms with van der Waals surface area (Å²) < 4.78 is 16.7. The van der Waals surface area contributed by atoms with Crippen LogP contribution < -0.4 is 9.64 Å². The third-order valence-corrected chi connectivity index (χ3v) is 8.53. The fraction of sp³-hybridized carbons (Fsp3) is 0.552. The van der Waals surface area contributed by atoms with Gasteiger partial charge in [0.2, 0.25) is 0 Å². The van der Waals surface area contributed by atoms with Crippen molar-refractivity contribution in [1.29, 1.82) is 0 Å². The Balaban J connectivity index is 1.55. The molecule has 3 aliphatic heterocycles. The van der Waals surface area contributed by atoms with Gasteiger partial charge in [0.15, 0.2) is 0 Å². The van der Waals surface area contributed by atoms with Crippen molar-refractivity contribution in [2.45, 2.75) is 62.5 Å². The normalized spacial score (nSPS) is 21.0. The molecule has 0 spiro atoms. The van der Waals surface area contributed by atoms with Crippen LogP contribution in [0.15, 0.2) is 35.2 Å². The number of hydrogen-bond acceptors (Lipinski definition) is 6. The Hall–Kier alpha value is -2.38. The van der Waals surface area contributed by atoms with Gasteiger partial charge >= 0.3 is 6.09 Å². The van der Waals surface area contributed by atoms with Crippen LogP contribution in [-0.2, 0) is 15.9 Å². The molecule has 0 aliphatic carbocycles. The van der Waals surface area contributed by atoms with Crippen LogP contribution in [0.2, 0.25) is 0 Å². The van der Waals surface area contributed by atoms with Crippen molar-refractivity contribution in [2.24, 2.45) is 0 Å². The number of amides is 1. The van der Waals surface area contributed by atoms with E-state index >= 15 is 0 Å². The van der Waals surface area contributed by atoms with Crippen LogP contribution in [0.4, 0.5) is 10.5 Å². The van der Waals surface area contributed by atoms with Gasteiger partial charge in [-0.1, -0.05) is 6.07 Å². The number of hydrogen-bond donors (Lipinski definition) is 0. The molecule has 7 heteroatoms. The highest BCUT2D eigenvalue weighted by atomic mass is 32.2. The van der Waals surface area contributed by atoms with Gasteiger partial charge in [-0.3, -0.25) is 0 Å². The maximum absolute atomic E-state index is 13.0. The lowest BCUT2D eigenvalue weighted by Gasteiger charge is -2.39. The number of carbonyl (C=O) groups excluding carboxylic acids is 1. The molecule has 0 bridgehead atoms. The average molecular weight is 511 g/mol. The Bertz CT molecular complexity index is 1130. The number of ether oxygens (including phenoxy) is 3. The molecule has 194 valence electrons. The number of piperidine rings is 1. The van der Waals surface area contributed by atoms with Crippen LogP contribution in [0.1, 0.15) is 50.7 Å². The first-order valence-electron chi connectivity index (χ1n) is 13.0. The van der Waals surface area contributed by atoms with Gasteiger partial charge in [-0.15, -0.1) is 11.8 Å². The summed E-state index contributed by atoms with van der Waals surface area (Å²) in [5.74, 6) is 2.29. The lowest BCUT2D eigenvalue weighted by atomic mass is 9.87. The number of nitrogens with zero attached hydrogens (tertiary/aromatic N) is 2. The number of rotatable bonds is 5. The van der Waals surface area contributed by atoms with Crippen LogP contribution in [0.25, 0.3) is 11.1 Å². The second-order valence-electron chi connectivity index (χ2n) is 11.0. The Labute approximate surface area is 219 Å². The third kappa shape index (κ3) is 4.92. The standard InChI is InChI=1S/C29H38N2O4S/c1-29(2,3)35-28(32)30-12-9-25-24(18-30)23-16-20(17-26-27(23)31(25)11-6-14-36-26)22-8-7-21(34-5)15-19(22)10-13-33-4/h7-8,15-17,24-25H,6,9-14,18H2,1-5H3/t24-,25-/m0/s1. The van der Waals surface area contributed by atoms with Crippen molar-refractivity contribution in [3.63, 3.8) is 0 Å². The SMILES string of the molecule is COCCc1cc(OC)ccc1-c1cc2c3c(c1)[C@@H]1CN(C(=O)OC(C)(C)C)CC[C@@H]1N3CCCS2. The maximum atomic E-state index is 13.0. The molecule has 2 aromatic carbocycles. The van der Waals surface area contributed by atoms with Crippen LogP contribution in [0, 0.1) is 0 Å². The van der Waals surface area contributed by atoms with Gasteiger partial charge in [-0.25, -0.2) is 4.79 Å². The Morgan fingerprint density at radius 3 is 2.72 bits per heavy atom. The smallest absolute Gasteiger partial charge is 0.410 e. The van der Waals surface area contributed by atoms with E-state index in [4.69, 9.17) is 14.2 Å². The van der Waals surface area contributed by atoms with Crippen molar-refractivity contribution in [3.8, 4) is 16.9 Å². The van der Waals surface area contributed by atoms with Crippen LogP contribution in [-0.4, -0.2) is 68.8 Å². The molecule has 1 fully saturated rings. The molecule has 1 saturated heterocycles. The van der Waals surface area contributed by atoms with Crippen LogP contribution in [0.3, 0.4) is 0 Å². The molecule has 6 nitrogen and oxygen atoms in total. The van der Waals surface area contributed by atoms with Crippen molar-refractivity contribution in [2.75, 3.05) is 51.1 Å². The number of benzene rings is 2. The highest BCUT2D eigenvalue weighted by Gasteiger charge is 2.45. The topological polar surface area (TPSA) is 51.2 Å². The predicted octanol–water partition coefficient (Wildman–Crippen LogP) is 5.96. The summed E-state index contributed by atoms with van der Waals surface area (Å²) in [6.07, 6.45) is 2.78. The van der Waals surface area contributed by atoms with Gasteiger partial charge in [0, 0.05) is 43.6 Å². The zero-order valence-electron chi connectivity index (χ0n) is 22.1. The highest BCUT2D eigenvalue weighted by molar-refractivity contribution is 7.99. The average Bonchev–Trinajstić information content (AvgIpc) is 3.00. The van der Waals surface area contributed by atoms with E-state index < -0.39 is 5.60 Å². The number of methoxy groups -OCH3 is 2. The van der Waals surface area contributed by atoms with Gasteiger partial charge < -0.3 is 24.0 Å². The van der Waals surface area contributed by atoms with Crippen molar-refractivity contribution >= 4 is 23.5 Å². The monoisotopic (exact) mass is 510 g/mol. The first-order valence-corrected chi connectivity index (χ1v) is 14.0. The van der Waals surface area contributed by atoms with Crippen molar-refractivity contribution < 1.29 is 19.0 Å². The first-order chi connectivity index (χ1) is 17.3. The summed E-state index contributed by atoms with van der Waals surface area (Å²) in [6, 6.07) is 11.6. The predicted molar refractivity (Wildman–Crippen MR) is 146 cm³/mol. The Morgan fingerprint density at radius 1 is 1.14 bits per heavy atom. The van der Waals surface area contributed by atoms with Crippen LogP contribution in [0.5, 0.6) is 5.75 Å². The number of likely N-dealkylation sites (tertiary alicyclic amines) is 1. The summed E-state index contributed by atoms with van der Waals surface area (Å²) in [5.41, 5.74) is 5.98. The molecule has 3 heterocycles. The van der Waals surface area contributed by atoms with E-state index in [0.29, 0.717) is 25.1 Å². The van der Waals surface area contributed by atoms with Gasteiger partial charge in [-0.05, 0) is 92.3 Å². The molecule has 2 atom stereocenters. The Kier molecular flexibility index (Phi) is 7.14. The summed E-state index contributed by atoms with van der Waals surface area (Å²) >= 11 is 1.97. The van der Waals surface area contributed by atoms with E-state index in [2.05, 4.69) is 29.2 Å². The summed E-state index contributed by atoms with van der Waals surface area (Å²) in [5, 5.41) is 0. The molecule has 2 aromatic rings. The molecule has 0 aromatic heterocycles. The number of fused-ring (bicyclic) bond motifs is 3. The zero-order chi connectivity index (χ0) is 25.4. The van der Waals surface area contributed by atoms with Crippen molar-refractivity contribution in [1.82, 2.24) is 4.90 Å². The van der Waals surface area contributed by atoms with E-state index in [1.165, 1.54) is 39.3 Å². The molecule has 1 amide bonds. The van der Waals surface area contributed by atoms with E-state index in [1.54, 1.807) is 14.2 Å². The third-order valence-electron chi connectivity index (χ3n) is 7.42. The molecule has 0 unspecified atom stereocenters. The van der Waals surface area contributed by atoms with Gasteiger partial charge in [0.1, 0.15) is 11.4 Å². The minimum atomic E-state index is -0.488. The second kappa shape index (κ2) is 10.2. The van der Waals surface area contributed by atoms with E-state index in [-0.39, 0.29) is 6.09 Å². The summed E-state index contributed by atoms with van der Waals surface area (Å²) in [4.78, 5) is 18.9. The van der Waals surface area contributed by atoms with Gasteiger partial charge in [0.25, 0.3) is 0 Å². The molecule has 0 saturated carbocycles. The second-order valence-corrected chi connectivity index (χ2v) is 12.1. The molecule has 5 rings (SSSR count). The van der Waals surface area contributed by atoms with Crippen LogP contribution >= 0.6 is 11.8 Å². The highest BCUT2D eigenvalue weighted by Crippen LogP contribution is 2.52. The lowest BCUT2D eigenvalue weighted by Crippen LogP contribution is -2.49. The van der Waals surface area contributed by atoms with E-state index in [1.807, 2.05) is 43.5 Å². The van der Waals surface area contributed by atoms with E-state index in [9.17, 15) is 4.79 Å². The number of carbonyl (C=O) groups is 1. The van der Waals surface area contributed by atoms with Gasteiger partial charge in [-0.2, -0.15) is 0 Å². The molecule has 36 heavy (non-hydrogen) atoms. The van der Waals surface area contributed by atoms with Crippen molar-refractivity contribution in [3.05, 3.63) is 41.5 Å². The molecular formula is C29H38N2O4S. The first kappa shape index (κ1) is 25.3. The number of thioether (sulfide) groups is 1. The fourth-order valence-electron chi connectivity index (χ4n) is 5.85. The molecule has 0 N–H and O–H groups in total. The van der Waals surface area contributed by atoms with E-state index in [0.717, 1.165) is 37.4 Å². The quantitative estimate of drug-likeness (QED) is 0.495. The van der Waals surface area contributed by atoms with Gasteiger partial charge in [0.05, 0.1) is 19.4 Å². The fourth-order valence-corrected chi connectivity index (χ4v) is 6.93. The number of anilines is 1. The minimum absolute atomic E-state index is 0.198.